The van der Waals surface area contributed by atoms with Crippen molar-refractivity contribution >= 4 is 18.0 Å². The molecule has 0 saturated heterocycles. The lowest BCUT2D eigenvalue weighted by atomic mass is 10.1. The molecule has 0 spiro atoms. The number of benzene rings is 2. The molecule has 0 aromatic heterocycles. The Morgan fingerprint density at radius 2 is 1.85 bits per heavy atom. The zero-order valence-corrected chi connectivity index (χ0v) is 13.9. The van der Waals surface area contributed by atoms with E-state index in [4.69, 9.17) is 9.94 Å². The van der Waals surface area contributed by atoms with Crippen molar-refractivity contribution in [3.8, 4) is 5.75 Å². The average Bonchev–Trinajstić information content (AvgIpc) is 2.66. The van der Waals surface area contributed by atoms with Crippen molar-refractivity contribution in [2.45, 2.75) is 6.18 Å². The number of hydrogen-bond donors (Lipinski definition) is 3. The monoisotopic (exact) mass is 381 g/mol. The van der Waals surface area contributed by atoms with Crippen LogP contribution in [0.2, 0.25) is 0 Å². The van der Waals surface area contributed by atoms with Gasteiger partial charge in [0, 0.05) is 11.1 Å². The van der Waals surface area contributed by atoms with Crippen LogP contribution in [0.15, 0.2) is 47.6 Å². The molecule has 2 rings (SSSR count). The maximum Gasteiger partial charge on any atom is 0.417 e. The van der Waals surface area contributed by atoms with E-state index in [9.17, 15) is 22.8 Å². The molecule has 0 saturated carbocycles. The second kappa shape index (κ2) is 8.32. The summed E-state index contributed by atoms with van der Waals surface area (Å²) in [6.45, 7) is 0. The van der Waals surface area contributed by atoms with E-state index in [0.29, 0.717) is 5.56 Å². The van der Waals surface area contributed by atoms with E-state index in [1.165, 1.54) is 42.9 Å². The minimum absolute atomic E-state index is 0.106. The van der Waals surface area contributed by atoms with Crippen LogP contribution in [0, 0.1) is 0 Å². The van der Waals surface area contributed by atoms with Crippen LogP contribution in [-0.2, 0) is 6.18 Å². The predicted octanol–water partition coefficient (Wildman–Crippen LogP) is 2.60. The highest BCUT2D eigenvalue weighted by Gasteiger charge is 2.34. The van der Waals surface area contributed by atoms with Gasteiger partial charge in [0.15, 0.2) is 0 Å². The molecule has 2 aromatic rings. The minimum Gasteiger partial charge on any atom is -0.496 e. The fraction of sp³-hybridized carbons (Fsp3) is 0.118. The number of rotatable bonds is 5. The maximum absolute atomic E-state index is 12.9. The van der Waals surface area contributed by atoms with Crippen LogP contribution in [0.1, 0.15) is 31.8 Å². The van der Waals surface area contributed by atoms with Gasteiger partial charge in [-0.15, -0.1) is 0 Å². The molecule has 0 bridgehead atoms. The summed E-state index contributed by atoms with van der Waals surface area (Å²) in [4.78, 5) is 23.4. The molecule has 27 heavy (non-hydrogen) atoms. The van der Waals surface area contributed by atoms with E-state index in [1.807, 2.05) is 5.43 Å². The molecule has 0 fully saturated rings. The number of nitrogens with one attached hydrogen (secondary N) is 2. The predicted molar refractivity (Wildman–Crippen MR) is 88.8 cm³/mol. The molecule has 0 radical (unpaired) electrons. The zero-order valence-electron chi connectivity index (χ0n) is 13.9. The molecule has 0 atom stereocenters. The molecule has 142 valence electrons. The van der Waals surface area contributed by atoms with Gasteiger partial charge in [-0.2, -0.15) is 18.3 Å². The second-order valence-corrected chi connectivity index (χ2v) is 5.14. The van der Waals surface area contributed by atoms with Crippen molar-refractivity contribution < 1.29 is 32.7 Å². The number of nitrogens with zero attached hydrogens (tertiary/aromatic N) is 1. The van der Waals surface area contributed by atoms with Gasteiger partial charge in [-0.25, -0.2) is 10.9 Å². The van der Waals surface area contributed by atoms with Gasteiger partial charge in [-0.1, -0.05) is 12.1 Å². The Labute approximate surface area is 151 Å². The van der Waals surface area contributed by atoms with Crippen LogP contribution in [0.25, 0.3) is 0 Å². The van der Waals surface area contributed by atoms with Crippen molar-refractivity contribution in [3.05, 3.63) is 64.7 Å². The molecule has 0 heterocycles. The molecule has 0 aliphatic rings. The Balaban J connectivity index is 2.19. The third-order valence-corrected chi connectivity index (χ3v) is 3.44. The Morgan fingerprint density at radius 3 is 2.48 bits per heavy atom. The smallest absolute Gasteiger partial charge is 0.417 e. The van der Waals surface area contributed by atoms with Crippen molar-refractivity contribution in [2.24, 2.45) is 5.10 Å². The normalized spacial score (nSPS) is 11.3. The van der Waals surface area contributed by atoms with Crippen LogP contribution < -0.4 is 15.6 Å². The number of hydroxylamine groups is 1. The summed E-state index contributed by atoms with van der Waals surface area (Å²) >= 11 is 0. The summed E-state index contributed by atoms with van der Waals surface area (Å²) in [5, 5.41) is 12.2. The van der Waals surface area contributed by atoms with Crippen LogP contribution in [0.5, 0.6) is 5.75 Å². The maximum atomic E-state index is 12.9. The van der Waals surface area contributed by atoms with Gasteiger partial charge in [0.1, 0.15) is 5.75 Å². The summed E-state index contributed by atoms with van der Waals surface area (Å²) in [6.07, 6.45) is -3.53. The van der Waals surface area contributed by atoms with Gasteiger partial charge >= 0.3 is 6.18 Å². The second-order valence-electron chi connectivity index (χ2n) is 5.14. The first-order valence-corrected chi connectivity index (χ1v) is 7.40. The summed E-state index contributed by atoms with van der Waals surface area (Å²) in [5.41, 5.74) is 2.29. The summed E-state index contributed by atoms with van der Waals surface area (Å²) < 4.78 is 43.9. The standard InChI is InChI=1S/C17H14F3N3O4/c1-27-14-8-10(15(24)23-26)6-7-11(14)9-21-22-16(25)12-4-2-3-5-13(12)17(18,19)20/h2-9,26H,1H3,(H,22,25)(H,23,24). The Bertz CT molecular complexity index is 882. The lowest BCUT2D eigenvalue weighted by Gasteiger charge is -2.11. The fourth-order valence-corrected chi connectivity index (χ4v) is 2.17. The number of alkyl halides is 3. The van der Waals surface area contributed by atoms with E-state index in [0.717, 1.165) is 18.3 Å². The Hall–Kier alpha value is -3.40. The first kappa shape index (κ1) is 19.9. The molecule has 0 aliphatic carbocycles. The van der Waals surface area contributed by atoms with Crippen molar-refractivity contribution in [1.82, 2.24) is 10.9 Å². The van der Waals surface area contributed by atoms with E-state index < -0.39 is 29.1 Å². The van der Waals surface area contributed by atoms with Crippen molar-refractivity contribution in [3.63, 3.8) is 0 Å². The molecule has 7 nitrogen and oxygen atoms in total. The number of amides is 2. The van der Waals surface area contributed by atoms with Gasteiger partial charge < -0.3 is 4.74 Å². The van der Waals surface area contributed by atoms with E-state index >= 15 is 0 Å². The van der Waals surface area contributed by atoms with E-state index in [1.54, 1.807) is 0 Å². The molecular weight excluding hydrogens is 367 g/mol. The number of carbonyl (C=O) groups is 2. The van der Waals surface area contributed by atoms with Crippen LogP contribution in [0.3, 0.4) is 0 Å². The number of hydrazone groups is 1. The molecule has 2 amide bonds. The summed E-state index contributed by atoms with van der Waals surface area (Å²) in [5.74, 6) is -1.59. The largest absolute Gasteiger partial charge is 0.496 e. The SMILES string of the molecule is COc1cc(C(=O)NO)ccc1C=NNC(=O)c1ccccc1C(F)(F)F. The first-order chi connectivity index (χ1) is 12.8. The zero-order chi connectivity index (χ0) is 20.0. The first-order valence-electron chi connectivity index (χ1n) is 7.40. The van der Waals surface area contributed by atoms with Gasteiger partial charge in [-0.05, 0) is 30.3 Å². The van der Waals surface area contributed by atoms with Gasteiger partial charge in [0.05, 0.1) is 24.5 Å². The number of ether oxygens (including phenoxy) is 1. The number of hydrogen-bond acceptors (Lipinski definition) is 5. The number of halogens is 3. The molecule has 3 N–H and O–H groups in total. The molecule has 2 aromatic carbocycles. The summed E-state index contributed by atoms with van der Waals surface area (Å²) in [7, 11) is 1.32. The average molecular weight is 381 g/mol. The van der Waals surface area contributed by atoms with E-state index in [2.05, 4.69) is 5.10 Å². The molecule has 0 aliphatic heterocycles. The highest BCUT2D eigenvalue weighted by Crippen LogP contribution is 2.31. The third kappa shape index (κ3) is 4.82. The van der Waals surface area contributed by atoms with Crippen LogP contribution >= 0.6 is 0 Å². The highest BCUT2D eigenvalue weighted by atomic mass is 19.4. The molecule has 0 unspecified atom stereocenters. The van der Waals surface area contributed by atoms with Crippen molar-refractivity contribution in [1.29, 1.82) is 0 Å². The van der Waals surface area contributed by atoms with E-state index in [-0.39, 0.29) is 11.3 Å². The summed E-state index contributed by atoms with van der Waals surface area (Å²) in [6, 6.07) is 8.41. The topological polar surface area (TPSA) is 100 Å². The van der Waals surface area contributed by atoms with Crippen molar-refractivity contribution in [2.75, 3.05) is 7.11 Å². The van der Waals surface area contributed by atoms with Gasteiger partial charge in [-0.3, -0.25) is 14.8 Å². The molecule has 10 heteroatoms. The lowest BCUT2D eigenvalue weighted by Crippen LogP contribution is -2.22. The molecular formula is C17H14F3N3O4. The van der Waals surface area contributed by atoms with Crippen LogP contribution in [0.4, 0.5) is 13.2 Å². The van der Waals surface area contributed by atoms with Gasteiger partial charge in [0.25, 0.3) is 11.8 Å². The Kier molecular flexibility index (Phi) is 6.14. The number of carbonyl (C=O) groups excluding carboxylic acids is 2. The van der Waals surface area contributed by atoms with Gasteiger partial charge in [0.2, 0.25) is 0 Å². The highest BCUT2D eigenvalue weighted by molar-refractivity contribution is 5.97. The Morgan fingerprint density at radius 1 is 1.15 bits per heavy atom. The lowest BCUT2D eigenvalue weighted by molar-refractivity contribution is -0.137. The number of methoxy groups -OCH3 is 1. The fourth-order valence-electron chi connectivity index (χ4n) is 2.17. The third-order valence-electron chi connectivity index (χ3n) is 3.44. The minimum atomic E-state index is -4.68. The van der Waals surface area contributed by atoms with Crippen LogP contribution in [-0.4, -0.2) is 30.3 Å². The quantitative estimate of drug-likeness (QED) is 0.421.